The number of hydrogen-bond acceptors (Lipinski definition) is 5. The normalized spacial score (nSPS) is 11.2. The third kappa shape index (κ3) is 4.28. The monoisotopic (exact) mass is 405 g/mol. The van der Waals surface area contributed by atoms with Crippen molar-refractivity contribution in [2.75, 3.05) is 39.2 Å². The average Bonchev–Trinajstić information content (AvgIpc) is 3.08. The predicted octanol–water partition coefficient (Wildman–Crippen LogP) is 4.18. The summed E-state index contributed by atoms with van der Waals surface area (Å²) >= 11 is 1.09. The number of aromatic nitrogens is 1. The maximum Gasteiger partial charge on any atom is 0.263 e. The van der Waals surface area contributed by atoms with Gasteiger partial charge in [-0.2, -0.15) is 0 Å². The summed E-state index contributed by atoms with van der Waals surface area (Å²) in [4.78, 5) is 21.1. The number of thiazole rings is 1. The molecule has 28 heavy (non-hydrogen) atoms. The number of ether oxygens (including phenoxy) is 1. The SMILES string of the molecule is COc1ccccc1C(=O)N(CCCN(C)C)c1nc2c(F)cc(F)cc2s1. The summed E-state index contributed by atoms with van der Waals surface area (Å²) in [5.74, 6) is -1.26. The number of para-hydroxylation sites is 1. The zero-order valence-electron chi connectivity index (χ0n) is 15.9. The molecule has 0 aliphatic heterocycles. The molecule has 0 bridgehead atoms. The quantitative estimate of drug-likeness (QED) is 0.592. The van der Waals surface area contributed by atoms with E-state index in [1.165, 1.54) is 18.1 Å². The maximum atomic E-state index is 14.1. The highest BCUT2D eigenvalue weighted by Crippen LogP contribution is 2.33. The van der Waals surface area contributed by atoms with E-state index in [4.69, 9.17) is 4.74 Å². The highest BCUT2D eigenvalue weighted by atomic mass is 32.1. The lowest BCUT2D eigenvalue weighted by molar-refractivity contribution is 0.0983. The van der Waals surface area contributed by atoms with E-state index in [1.807, 2.05) is 19.0 Å². The van der Waals surface area contributed by atoms with Crippen LogP contribution in [0, 0.1) is 11.6 Å². The van der Waals surface area contributed by atoms with Crippen molar-refractivity contribution in [2.45, 2.75) is 6.42 Å². The molecule has 2 aromatic carbocycles. The fourth-order valence-electron chi connectivity index (χ4n) is 2.86. The van der Waals surface area contributed by atoms with Crippen LogP contribution in [-0.2, 0) is 0 Å². The number of methoxy groups -OCH3 is 1. The van der Waals surface area contributed by atoms with Gasteiger partial charge in [0.15, 0.2) is 10.9 Å². The Morgan fingerprint density at radius 2 is 1.93 bits per heavy atom. The average molecular weight is 405 g/mol. The first-order valence-electron chi connectivity index (χ1n) is 8.76. The molecule has 0 aliphatic rings. The van der Waals surface area contributed by atoms with Gasteiger partial charge in [0.05, 0.1) is 17.4 Å². The van der Waals surface area contributed by atoms with Gasteiger partial charge in [0.25, 0.3) is 5.91 Å². The van der Waals surface area contributed by atoms with Gasteiger partial charge in [-0.15, -0.1) is 0 Å². The molecule has 0 atom stereocenters. The number of halogens is 2. The molecule has 148 valence electrons. The number of anilines is 1. The first-order chi connectivity index (χ1) is 13.4. The van der Waals surface area contributed by atoms with Crippen molar-refractivity contribution in [1.29, 1.82) is 0 Å². The summed E-state index contributed by atoms with van der Waals surface area (Å²) in [7, 11) is 5.39. The summed E-state index contributed by atoms with van der Waals surface area (Å²) in [5.41, 5.74) is 0.451. The summed E-state index contributed by atoms with van der Waals surface area (Å²) in [5, 5.41) is 0.328. The highest BCUT2D eigenvalue weighted by Gasteiger charge is 2.24. The number of carbonyl (C=O) groups is 1. The molecule has 0 spiro atoms. The minimum Gasteiger partial charge on any atom is -0.496 e. The molecule has 1 heterocycles. The molecule has 3 rings (SSSR count). The number of nitrogens with zero attached hydrogens (tertiary/aromatic N) is 3. The Kier molecular flexibility index (Phi) is 6.21. The molecular formula is C20H21F2N3O2S. The third-order valence-electron chi connectivity index (χ3n) is 4.20. The lowest BCUT2D eigenvalue weighted by Crippen LogP contribution is -2.33. The largest absolute Gasteiger partial charge is 0.496 e. The van der Waals surface area contributed by atoms with E-state index in [-0.39, 0.29) is 11.4 Å². The highest BCUT2D eigenvalue weighted by molar-refractivity contribution is 7.22. The van der Waals surface area contributed by atoms with Gasteiger partial charge < -0.3 is 9.64 Å². The summed E-state index contributed by atoms with van der Waals surface area (Å²) in [6.07, 6.45) is 0.695. The summed E-state index contributed by atoms with van der Waals surface area (Å²) in [6.45, 7) is 1.16. The van der Waals surface area contributed by atoms with Crippen LogP contribution in [0.15, 0.2) is 36.4 Å². The van der Waals surface area contributed by atoms with Crippen LogP contribution in [0.2, 0.25) is 0 Å². The van der Waals surface area contributed by atoms with Gasteiger partial charge in [-0.3, -0.25) is 9.69 Å². The Morgan fingerprint density at radius 1 is 1.18 bits per heavy atom. The first kappa shape index (κ1) is 20.2. The Balaban J connectivity index is 2.01. The first-order valence-corrected chi connectivity index (χ1v) is 9.57. The minimum absolute atomic E-state index is 0.0619. The van der Waals surface area contributed by atoms with Crippen LogP contribution in [0.3, 0.4) is 0 Å². The van der Waals surface area contributed by atoms with Gasteiger partial charge in [-0.25, -0.2) is 13.8 Å². The van der Waals surface area contributed by atoms with Crippen molar-refractivity contribution in [3.63, 3.8) is 0 Å². The van der Waals surface area contributed by atoms with Gasteiger partial charge in [-0.1, -0.05) is 23.5 Å². The zero-order chi connectivity index (χ0) is 20.3. The van der Waals surface area contributed by atoms with E-state index < -0.39 is 11.6 Å². The van der Waals surface area contributed by atoms with Crippen LogP contribution >= 0.6 is 11.3 Å². The molecule has 1 amide bonds. The number of fused-ring (bicyclic) bond motifs is 1. The Hall–Kier alpha value is -2.58. The molecule has 1 aromatic heterocycles. The molecule has 3 aromatic rings. The molecule has 8 heteroatoms. The van der Waals surface area contributed by atoms with Gasteiger partial charge in [0.2, 0.25) is 0 Å². The van der Waals surface area contributed by atoms with Crippen molar-refractivity contribution in [3.05, 3.63) is 53.6 Å². The van der Waals surface area contributed by atoms with Gasteiger partial charge >= 0.3 is 0 Å². The molecule has 0 aliphatic carbocycles. The minimum atomic E-state index is -0.740. The van der Waals surface area contributed by atoms with Crippen molar-refractivity contribution < 1.29 is 18.3 Å². The lowest BCUT2D eigenvalue weighted by atomic mass is 10.1. The molecule has 0 saturated heterocycles. The second-order valence-corrected chi connectivity index (χ2v) is 7.55. The second-order valence-electron chi connectivity index (χ2n) is 6.54. The number of carbonyl (C=O) groups excluding carboxylic acids is 1. The lowest BCUT2D eigenvalue weighted by Gasteiger charge is -2.22. The molecule has 5 nitrogen and oxygen atoms in total. The maximum absolute atomic E-state index is 14.1. The van der Waals surface area contributed by atoms with Crippen LogP contribution in [0.5, 0.6) is 5.75 Å². The second kappa shape index (κ2) is 8.62. The van der Waals surface area contributed by atoms with Crippen molar-refractivity contribution in [3.8, 4) is 5.75 Å². The van der Waals surface area contributed by atoms with E-state index in [2.05, 4.69) is 4.98 Å². The number of benzene rings is 2. The molecule has 0 N–H and O–H groups in total. The standard InChI is InChI=1S/C20H21F2N3O2S/c1-24(2)9-6-10-25(19(26)14-7-4-5-8-16(14)27-3)20-23-18-15(22)11-13(21)12-17(18)28-20/h4-5,7-8,11-12H,6,9-10H2,1-3H3. The molecular weight excluding hydrogens is 384 g/mol. The Labute approximate surface area is 166 Å². The van der Waals surface area contributed by atoms with E-state index in [1.54, 1.807) is 24.3 Å². The topological polar surface area (TPSA) is 45.7 Å². The van der Waals surface area contributed by atoms with Crippen LogP contribution in [0.4, 0.5) is 13.9 Å². The van der Waals surface area contributed by atoms with Crippen LogP contribution in [0.1, 0.15) is 16.8 Å². The number of amides is 1. The Bertz CT molecular complexity index is 991. The van der Waals surface area contributed by atoms with Gasteiger partial charge in [0.1, 0.15) is 17.1 Å². The van der Waals surface area contributed by atoms with Gasteiger partial charge in [0, 0.05) is 12.6 Å². The molecule has 0 fully saturated rings. The van der Waals surface area contributed by atoms with Crippen molar-refractivity contribution >= 4 is 32.6 Å². The molecule has 0 saturated carbocycles. The number of hydrogen-bond donors (Lipinski definition) is 0. The molecule has 0 unspecified atom stereocenters. The Morgan fingerprint density at radius 3 is 2.64 bits per heavy atom. The van der Waals surface area contributed by atoms with Gasteiger partial charge in [-0.05, 0) is 45.3 Å². The summed E-state index contributed by atoms with van der Waals surface area (Å²) < 4.78 is 33.3. The third-order valence-corrected chi connectivity index (χ3v) is 5.23. The van der Waals surface area contributed by atoms with E-state index in [0.717, 1.165) is 23.9 Å². The number of rotatable bonds is 7. The smallest absolute Gasteiger partial charge is 0.263 e. The van der Waals surface area contributed by atoms with Crippen molar-refractivity contribution in [1.82, 2.24) is 9.88 Å². The van der Waals surface area contributed by atoms with E-state index >= 15 is 0 Å². The zero-order valence-corrected chi connectivity index (χ0v) is 16.7. The molecule has 0 radical (unpaired) electrons. The predicted molar refractivity (Wildman–Crippen MR) is 107 cm³/mol. The van der Waals surface area contributed by atoms with E-state index in [0.29, 0.717) is 34.1 Å². The van der Waals surface area contributed by atoms with Crippen LogP contribution in [0.25, 0.3) is 10.2 Å². The van der Waals surface area contributed by atoms with Crippen LogP contribution in [-0.4, -0.2) is 50.1 Å². The van der Waals surface area contributed by atoms with Crippen LogP contribution < -0.4 is 9.64 Å². The fraction of sp³-hybridized carbons (Fsp3) is 0.300. The van der Waals surface area contributed by atoms with E-state index in [9.17, 15) is 13.6 Å². The van der Waals surface area contributed by atoms with Crippen molar-refractivity contribution in [2.24, 2.45) is 0 Å². The fourth-order valence-corrected chi connectivity index (χ4v) is 3.89. The summed E-state index contributed by atoms with van der Waals surface area (Å²) in [6, 6.07) is 8.94.